The van der Waals surface area contributed by atoms with Gasteiger partial charge in [-0.05, 0) is 18.8 Å². The van der Waals surface area contributed by atoms with Crippen molar-refractivity contribution < 1.29 is 13.2 Å². The molecule has 0 saturated carbocycles. The van der Waals surface area contributed by atoms with Gasteiger partial charge in [0.15, 0.2) is 9.84 Å². The number of aromatic nitrogens is 2. The third kappa shape index (κ3) is 4.24. The first-order chi connectivity index (χ1) is 8.98. The van der Waals surface area contributed by atoms with Crippen LogP contribution < -0.4 is 5.32 Å². The van der Waals surface area contributed by atoms with Crippen LogP contribution in [0.2, 0.25) is 0 Å². The predicted octanol–water partition coefficient (Wildman–Crippen LogP) is 1.25. The summed E-state index contributed by atoms with van der Waals surface area (Å²) in [7, 11) is -2.92. The fourth-order valence-corrected chi connectivity index (χ4v) is 4.80. The van der Waals surface area contributed by atoms with Crippen molar-refractivity contribution in [3.8, 4) is 0 Å². The average molecular weight is 303 g/mol. The fraction of sp³-hybridized carbons (Fsp3) is 0.727. The Morgan fingerprint density at radius 3 is 2.89 bits per heavy atom. The third-order valence-electron chi connectivity index (χ3n) is 2.98. The number of hydrogen-bond donors (Lipinski definition) is 1. The minimum atomic E-state index is -2.92. The lowest BCUT2D eigenvalue weighted by molar-refractivity contribution is -0.116. The van der Waals surface area contributed by atoms with Crippen LogP contribution in [0.3, 0.4) is 0 Å². The minimum Gasteiger partial charge on any atom is -0.301 e. The number of nitrogens with zero attached hydrogens (tertiary/aromatic N) is 2. The number of carbonyl (C=O) groups excluding carboxylic acids is 1. The molecule has 1 saturated heterocycles. The first kappa shape index (κ1) is 14.4. The van der Waals surface area contributed by atoms with E-state index in [2.05, 4.69) is 22.4 Å². The Labute approximate surface area is 116 Å². The number of anilines is 1. The summed E-state index contributed by atoms with van der Waals surface area (Å²) < 4.78 is 22.6. The number of rotatable bonds is 5. The monoisotopic (exact) mass is 303 g/mol. The Hall–Kier alpha value is -1.02. The zero-order valence-electron chi connectivity index (χ0n) is 10.8. The molecule has 19 heavy (non-hydrogen) atoms. The molecule has 8 heteroatoms. The molecular formula is C11H17N3O3S2. The van der Waals surface area contributed by atoms with Gasteiger partial charge in [-0.25, -0.2) is 8.42 Å². The van der Waals surface area contributed by atoms with Gasteiger partial charge in [0.25, 0.3) is 0 Å². The van der Waals surface area contributed by atoms with E-state index in [1.807, 2.05) is 0 Å². The molecule has 6 nitrogen and oxygen atoms in total. The average Bonchev–Trinajstić information content (AvgIpc) is 2.86. The van der Waals surface area contributed by atoms with E-state index in [4.69, 9.17) is 0 Å². The summed E-state index contributed by atoms with van der Waals surface area (Å²) in [6.07, 6.45) is 2.66. The van der Waals surface area contributed by atoms with E-state index >= 15 is 0 Å². The van der Waals surface area contributed by atoms with Gasteiger partial charge in [0.1, 0.15) is 5.01 Å². The molecule has 0 aromatic carbocycles. The topological polar surface area (TPSA) is 89.0 Å². The number of hydrogen-bond acceptors (Lipinski definition) is 6. The van der Waals surface area contributed by atoms with Crippen molar-refractivity contribution in [3.63, 3.8) is 0 Å². The number of amides is 1. The molecular weight excluding hydrogens is 286 g/mol. The molecule has 0 spiro atoms. The first-order valence-electron chi connectivity index (χ1n) is 6.31. The molecule has 2 rings (SSSR count). The second kappa shape index (κ2) is 5.96. The summed E-state index contributed by atoms with van der Waals surface area (Å²) in [6.45, 7) is 2.06. The van der Waals surface area contributed by atoms with Crippen molar-refractivity contribution in [1.29, 1.82) is 0 Å². The normalized spacial score (nSPS) is 21.4. The lowest BCUT2D eigenvalue weighted by atomic mass is 10.1. The first-order valence-corrected chi connectivity index (χ1v) is 8.95. The van der Waals surface area contributed by atoms with Gasteiger partial charge in [-0.15, -0.1) is 10.2 Å². The highest BCUT2D eigenvalue weighted by Crippen LogP contribution is 2.23. The van der Waals surface area contributed by atoms with E-state index in [1.165, 1.54) is 11.3 Å². The summed E-state index contributed by atoms with van der Waals surface area (Å²) in [5, 5.41) is 12.0. The van der Waals surface area contributed by atoms with Crippen molar-refractivity contribution in [2.24, 2.45) is 5.92 Å². The predicted molar refractivity (Wildman–Crippen MR) is 73.9 cm³/mol. The fourth-order valence-electron chi connectivity index (χ4n) is 2.08. The van der Waals surface area contributed by atoms with Crippen molar-refractivity contribution >= 4 is 32.2 Å². The lowest BCUT2D eigenvalue weighted by Crippen LogP contribution is -2.17. The SMILES string of the molecule is CCCc1nnc(NC(=O)C[C@H]2CCS(=O)(=O)C2)s1. The zero-order valence-corrected chi connectivity index (χ0v) is 12.4. The van der Waals surface area contributed by atoms with Crippen molar-refractivity contribution in [2.45, 2.75) is 32.6 Å². The van der Waals surface area contributed by atoms with E-state index in [9.17, 15) is 13.2 Å². The Kier molecular flexibility index (Phi) is 4.51. The molecule has 1 fully saturated rings. The zero-order chi connectivity index (χ0) is 13.9. The number of sulfone groups is 1. The van der Waals surface area contributed by atoms with Crippen LogP contribution in [0, 0.1) is 5.92 Å². The van der Waals surface area contributed by atoms with Crippen LogP contribution in [0.5, 0.6) is 0 Å². The third-order valence-corrected chi connectivity index (χ3v) is 5.71. The Balaban J connectivity index is 1.84. The Bertz CT molecular complexity index is 553. The summed E-state index contributed by atoms with van der Waals surface area (Å²) in [5.74, 6) is 0.0801. The van der Waals surface area contributed by atoms with Crippen LogP contribution in [0.25, 0.3) is 0 Å². The van der Waals surface area contributed by atoms with Crippen molar-refractivity contribution in [3.05, 3.63) is 5.01 Å². The molecule has 1 aromatic heterocycles. The van der Waals surface area contributed by atoms with E-state index in [1.54, 1.807) is 0 Å². The van der Waals surface area contributed by atoms with Crippen LogP contribution in [0.4, 0.5) is 5.13 Å². The summed E-state index contributed by atoms with van der Waals surface area (Å²) in [4.78, 5) is 11.8. The number of nitrogens with one attached hydrogen (secondary N) is 1. The molecule has 1 amide bonds. The van der Waals surface area contributed by atoms with Crippen LogP contribution in [-0.2, 0) is 21.1 Å². The summed E-state index contributed by atoms with van der Waals surface area (Å²) in [5.41, 5.74) is 0. The van der Waals surface area contributed by atoms with Gasteiger partial charge < -0.3 is 5.32 Å². The van der Waals surface area contributed by atoms with Gasteiger partial charge >= 0.3 is 0 Å². The highest BCUT2D eigenvalue weighted by Gasteiger charge is 2.29. The highest BCUT2D eigenvalue weighted by molar-refractivity contribution is 7.91. The molecule has 1 aromatic rings. The molecule has 0 aliphatic carbocycles. The van der Waals surface area contributed by atoms with Gasteiger partial charge in [0.05, 0.1) is 11.5 Å². The summed E-state index contributed by atoms with van der Waals surface area (Å²) >= 11 is 1.37. The Morgan fingerprint density at radius 2 is 2.26 bits per heavy atom. The Morgan fingerprint density at radius 1 is 1.47 bits per heavy atom. The molecule has 0 radical (unpaired) electrons. The van der Waals surface area contributed by atoms with Crippen LogP contribution in [-0.4, -0.2) is 36.0 Å². The van der Waals surface area contributed by atoms with Gasteiger partial charge in [-0.1, -0.05) is 18.3 Å². The smallest absolute Gasteiger partial charge is 0.226 e. The van der Waals surface area contributed by atoms with Crippen LogP contribution >= 0.6 is 11.3 Å². The maximum Gasteiger partial charge on any atom is 0.226 e. The quantitative estimate of drug-likeness (QED) is 0.884. The molecule has 1 aliphatic heterocycles. The maximum atomic E-state index is 11.8. The standard InChI is InChI=1S/C11H17N3O3S2/c1-2-3-10-13-14-11(18-10)12-9(15)6-8-4-5-19(16,17)7-8/h8H,2-7H2,1H3,(H,12,14,15)/t8-/m1/s1. The van der Waals surface area contributed by atoms with Crippen LogP contribution in [0.15, 0.2) is 0 Å². The van der Waals surface area contributed by atoms with Crippen molar-refractivity contribution in [1.82, 2.24) is 10.2 Å². The van der Waals surface area contributed by atoms with E-state index < -0.39 is 9.84 Å². The van der Waals surface area contributed by atoms with Crippen molar-refractivity contribution in [2.75, 3.05) is 16.8 Å². The van der Waals surface area contributed by atoms with Gasteiger partial charge in [-0.2, -0.15) is 0 Å². The largest absolute Gasteiger partial charge is 0.301 e. The summed E-state index contributed by atoms with van der Waals surface area (Å²) in [6, 6.07) is 0. The van der Waals surface area contributed by atoms with E-state index in [0.29, 0.717) is 11.6 Å². The van der Waals surface area contributed by atoms with E-state index in [0.717, 1.165) is 17.8 Å². The highest BCUT2D eigenvalue weighted by atomic mass is 32.2. The van der Waals surface area contributed by atoms with Gasteiger partial charge in [-0.3, -0.25) is 4.79 Å². The van der Waals surface area contributed by atoms with Crippen LogP contribution in [0.1, 0.15) is 31.2 Å². The molecule has 106 valence electrons. The second-order valence-corrected chi connectivity index (χ2v) is 8.06. The molecule has 1 N–H and O–H groups in total. The molecule has 0 bridgehead atoms. The maximum absolute atomic E-state index is 11.8. The number of aryl methyl sites for hydroxylation is 1. The lowest BCUT2D eigenvalue weighted by Gasteiger charge is -2.05. The second-order valence-electron chi connectivity index (χ2n) is 4.77. The minimum absolute atomic E-state index is 0.0620. The number of carbonyl (C=O) groups is 1. The van der Waals surface area contributed by atoms with Gasteiger partial charge in [0, 0.05) is 12.8 Å². The molecule has 1 aliphatic rings. The van der Waals surface area contributed by atoms with Gasteiger partial charge in [0.2, 0.25) is 11.0 Å². The van der Waals surface area contributed by atoms with E-state index in [-0.39, 0.29) is 29.8 Å². The molecule has 2 heterocycles. The molecule has 1 atom stereocenters. The molecule has 0 unspecified atom stereocenters.